The quantitative estimate of drug-likeness (QED) is 0.0284. The average Bonchev–Trinajstić information content (AvgIpc) is 1.24. The van der Waals surface area contributed by atoms with Crippen molar-refractivity contribution < 1.29 is 61.3 Å². The molecule has 3 amide bonds. The number of alkyl halides is 2. The lowest BCUT2D eigenvalue weighted by Crippen LogP contribution is -2.49. The maximum atomic E-state index is 13.2. The smallest absolute Gasteiger partial charge is 0.253 e. The van der Waals surface area contributed by atoms with Gasteiger partial charge in [-0.2, -0.15) is 0 Å². The lowest BCUT2D eigenvalue weighted by Gasteiger charge is -2.34. The highest BCUT2D eigenvalue weighted by molar-refractivity contribution is 6.00. The van der Waals surface area contributed by atoms with E-state index in [1.54, 1.807) is 31.0 Å². The second-order valence-electron chi connectivity index (χ2n) is 33.0. The lowest BCUT2D eigenvalue weighted by molar-refractivity contribution is -0.134. The van der Waals surface area contributed by atoms with Crippen LogP contribution in [0.25, 0.3) is 0 Å². The van der Waals surface area contributed by atoms with Crippen molar-refractivity contribution in [1.82, 2.24) is 53.9 Å². The molecule has 5 aromatic carbocycles. The number of likely N-dealkylation sites (tertiary alicyclic amines) is 5. The highest BCUT2D eigenvalue weighted by Gasteiger charge is 2.35. The van der Waals surface area contributed by atoms with E-state index >= 15 is 0 Å². The Morgan fingerprint density at radius 3 is 1.20 bits per heavy atom. The van der Waals surface area contributed by atoms with Crippen LogP contribution in [0, 0.1) is 6.92 Å². The number of benzene rings is 5. The van der Waals surface area contributed by atoms with Crippen molar-refractivity contribution in [1.29, 1.82) is 0 Å². The normalized spacial score (nSPS) is 21.2. The number of rotatable bonds is 33. The van der Waals surface area contributed by atoms with Crippen LogP contribution in [0.15, 0.2) is 121 Å². The summed E-state index contributed by atoms with van der Waals surface area (Å²) < 4.78 is 50.0. The third-order valence-electron chi connectivity index (χ3n) is 24.3. The third-order valence-corrected chi connectivity index (χ3v) is 24.3. The molecule has 8 saturated heterocycles. The van der Waals surface area contributed by atoms with Gasteiger partial charge in [-0.05, 0) is 222 Å². The van der Waals surface area contributed by atoms with Crippen LogP contribution in [0.4, 0.5) is 8.78 Å². The Bertz CT molecular complexity index is 3910. The fourth-order valence-electron chi connectivity index (χ4n) is 16.6. The first-order valence-corrected chi connectivity index (χ1v) is 43.1. The van der Waals surface area contributed by atoms with E-state index in [0.717, 1.165) is 99.9 Å². The molecular formula is C92H131F2N11O11. The minimum atomic E-state index is -2.58. The van der Waals surface area contributed by atoms with Gasteiger partial charge < -0.3 is 53.2 Å². The van der Waals surface area contributed by atoms with Gasteiger partial charge in [-0.3, -0.25) is 53.2 Å². The topological polar surface area (TPSA) is 192 Å². The van der Waals surface area contributed by atoms with Crippen LogP contribution < -0.4 is 18.9 Å². The van der Waals surface area contributed by atoms with Crippen LogP contribution in [0.1, 0.15) is 182 Å². The van der Waals surface area contributed by atoms with Crippen LogP contribution in [-0.2, 0) is 9.59 Å². The zero-order valence-corrected chi connectivity index (χ0v) is 70.4. The molecule has 8 aliphatic heterocycles. The molecule has 0 aliphatic carbocycles. The van der Waals surface area contributed by atoms with Crippen LogP contribution >= 0.6 is 0 Å². The average molecular weight is 1610 g/mol. The Morgan fingerprint density at radius 1 is 0.397 bits per heavy atom. The number of piperazine rings is 3. The molecule has 22 nitrogen and oxygen atoms in total. The van der Waals surface area contributed by atoms with Gasteiger partial charge in [0.25, 0.3) is 11.8 Å². The van der Waals surface area contributed by atoms with Crippen LogP contribution in [0.2, 0.25) is 0 Å². The van der Waals surface area contributed by atoms with Gasteiger partial charge in [-0.25, -0.2) is 8.78 Å². The number of amides is 3. The SMILES string of the molecule is CC(=O)N1CCN(CC(=O)c2ccc(OCCCN3CCC[C@H]3C)c(C)c2)CC1.C[C@@H]1CCCN1CCCOc1ccc(C(=O)CN2CCN(C)C(=O)C2)cc1.C[C@@H]1CCCN1CCCOc1cccc(C(=O)CN2CCC(F)(F)CC2)c1.C[C@@H]1CCCN1CCCOc1cccc(C(=O)CN2CCN(C(=O)c3ccccc3)CC2)c1. The van der Waals surface area contributed by atoms with Crippen molar-refractivity contribution in [2.24, 2.45) is 0 Å². The van der Waals surface area contributed by atoms with Crippen molar-refractivity contribution in [2.75, 3.05) is 197 Å². The summed E-state index contributed by atoms with van der Waals surface area (Å²) in [6.45, 7) is 33.6. The van der Waals surface area contributed by atoms with Crippen molar-refractivity contribution >= 4 is 40.9 Å². The Morgan fingerprint density at radius 2 is 0.776 bits per heavy atom. The first kappa shape index (κ1) is 90.3. The van der Waals surface area contributed by atoms with E-state index in [0.29, 0.717) is 144 Å². The third kappa shape index (κ3) is 29.2. The number of carbonyl (C=O) groups is 7. The minimum absolute atomic E-state index is 0.0434. The van der Waals surface area contributed by atoms with Gasteiger partial charge in [0.05, 0.1) is 59.2 Å². The number of carbonyl (C=O) groups excluding carboxylic acids is 7. The second kappa shape index (κ2) is 46.3. The largest absolute Gasteiger partial charge is 0.494 e. The van der Waals surface area contributed by atoms with Crippen LogP contribution in [0.3, 0.4) is 0 Å². The summed E-state index contributed by atoms with van der Waals surface area (Å²) in [6, 6.07) is 39.9. The van der Waals surface area contributed by atoms with E-state index in [-0.39, 0.29) is 79.9 Å². The molecule has 0 N–H and O–H groups in total. The summed E-state index contributed by atoms with van der Waals surface area (Å²) in [5.74, 6) is 0.992. The fourth-order valence-corrected chi connectivity index (χ4v) is 16.6. The number of Topliss-reactive ketones (excluding diaryl/α,β-unsaturated/α-hetero) is 4. The van der Waals surface area contributed by atoms with Crippen molar-refractivity contribution in [3.8, 4) is 23.0 Å². The predicted octanol–water partition coefficient (Wildman–Crippen LogP) is 11.9. The maximum Gasteiger partial charge on any atom is 0.253 e. The molecule has 0 bridgehead atoms. The molecule has 8 heterocycles. The van der Waals surface area contributed by atoms with Gasteiger partial charge in [0.1, 0.15) is 23.0 Å². The molecule has 0 spiro atoms. The molecular weight excluding hydrogens is 1470 g/mol. The molecule has 24 heteroatoms. The highest BCUT2D eigenvalue weighted by Crippen LogP contribution is 2.29. The monoisotopic (exact) mass is 1600 g/mol. The van der Waals surface area contributed by atoms with E-state index in [4.69, 9.17) is 18.9 Å². The zero-order valence-electron chi connectivity index (χ0n) is 70.4. The van der Waals surface area contributed by atoms with Crippen molar-refractivity contribution in [3.05, 3.63) is 155 Å². The lowest BCUT2D eigenvalue weighted by atomic mass is 10.1. The Hall–Kier alpha value is -8.07. The first-order valence-electron chi connectivity index (χ1n) is 43.1. The molecule has 8 aliphatic rings. The number of aryl methyl sites for hydroxylation is 1. The van der Waals surface area contributed by atoms with E-state index in [9.17, 15) is 42.3 Å². The number of hydrogen-bond donors (Lipinski definition) is 0. The van der Waals surface area contributed by atoms with Crippen LogP contribution in [0.5, 0.6) is 23.0 Å². The van der Waals surface area contributed by atoms with Gasteiger partial charge in [0.2, 0.25) is 11.8 Å². The summed E-state index contributed by atoms with van der Waals surface area (Å²) in [7, 11) is 1.80. The molecule has 5 aromatic rings. The van der Waals surface area contributed by atoms with Crippen molar-refractivity contribution in [3.63, 3.8) is 0 Å². The molecule has 8 fully saturated rings. The van der Waals surface area contributed by atoms with Crippen molar-refractivity contribution in [2.45, 2.75) is 162 Å². The molecule has 0 radical (unpaired) electrons. The van der Waals surface area contributed by atoms with E-state index in [1.807, 2.05) is 136 Å². The van der Waals surface area contributed by atoms with Gasteiger partial charge in [-0.15, -0.1) is 0 Å². The van der Waals surface area contributed by atoms with E-state index < -0.39 is 5.92 Å². The number of ether oxygens (including phenoxy) is 4. The van der Waals surface area contributed by atoms with Gasteiger partial charge in [0.15, 0.2) is 23.1 Å². The number of likely N-dealkylation sites (N-methyl/N-ethyl adjacent to an activating group) is 1. The standard InChI is InChI=1S/C27H35N3O3.C23H35N3O3.C21H30F2N2O2.C21H31N3O3/c1-22-8-6-13-29(22)14-7-19-33-25-12-5-11-24(20-25)26(31)21-28-15-17-30(18-16-28)27(32)23-9-3-2-4-10-23;1-18-16-21(22(28)17-24-11-13-26(14-12-24)20(3)27)7-8-23(18)29-15-5-10-25-9-4-6-19(25)2;1-17-5-3-10-25(17)11-4-14-27-19-7-2-6-18(15-19)20(26)16-24-12-8-21(22,23)9-13-24;1-17-5-3-10-24(17)11-4-14-27-19-8-6-18(7-9-19)20(25)15-23-13-12-22(2)21(26)16-23/h2-5,9-12,20,22H,6-8,13-19,21H2,1H3;7-8,16,19H,4-6,9-15,17H2,1-3H3;2,6-7,15,17H,3-5,8-14,16H2,1H3;6-9,17H,3-5,10-16H2,1-2H3/t22-;19-;2*17-/m1111/s1. The Labute approximate surface area is 689 Å². The summed E-state index contributed by atoms with van der Waals surface area (Å²) in [6.07, 6.45) is 14.0. The van der Waals surface area contributed by atoms with Gasteiger partial charge in [-0.1, -0.05) is 42.5 Å². The minimum Gasteiger partial charge on any atom is -0.494 e. The summed E-state index contributed by atoms with van der Waals surface area (Å²) in [5.41, 5.74) is 4.39. The van der Waals surface area contributed by atoms with Crippen LogP contribution in [-0.4, -0.2) is 322 Å². The maximum absolute atomic E-state index is 13.2. The summed E-state index contributed by atoms with van der Waals surface area (Å²) in [5, 5.41) is 0. The summed E-state index contributed by atoms with van der Waals surface area (Å²) >= 11 is 0. The Balaban J connectivity index is 0.000000164. The van der Waals surface area contributed by atoms with E-state index in [1.165, 1.54) is 77.5 Å². The van der Waals surface area contributed by atoms with Gasteiger partial charge in [0, 0.05) is 184 Å². The summed E-state index contributed by atoms with van der Waals surface area (Å²) in [4.78, 5) is 110. The molecule has 0 saturated carbocycles. The fraction of sp³-hybridized carbons (Fsp3) is 0.598. The second-order valence-corrected chi connectivity index (χ2v) is 33.0. The Kier molecular flexibility index (Phi) is 36.0. The molecule has 0 aromatic heterocycles. The predicted molar refractivity (Wildman–Crippen MR) is 452 cm³/mol. The number of nitrogens with zero attached hydrogens (tertiary/aromatic N) is 11. The number of halogens is 2. The number of hydrogen-bond acceptors (Lipinski definition) is 19. The van der Waals surface area contributed by atoms with Gasteiger partial charge >= 0.3 is 0 Å². The number of piperidine rings is 1. The molecule has 634 valence electrons. The first-order chi connectivity index (χ1) is 56.0. The molecule has 116 heavy (non-hydrogen) atoms. The zero-order chi connectivity index (χ0) is 82.4. The molecule has 4 atom stereocenters. The highest BCUT2D eigenvalue weighted by atomic mass is 19.3. The molecule has 13 rings (SSSR count). The molecule has 0 unspecified atom stereocenters. The van der Waals surface area contributed by atoms with E-state index in [2.05, 4.69) is 57.1 Å². The number of ketones is 4.